The zero-order valence-electron chi connectivity index (χ0n) is 18.9. The van der Waals surface area contributed by atoms with Gasteiger partial charge in [-0.2, -0.15) is 5.26 Å². The van der Waals surface area contributed by atoms with Crippen LogP contribution in [-0.4, -0.2) is 33.7 Å². The molecule has 4 rings (SSSR count). The molecule has 0 fully saturated rings. The predicted molar refractivity (Wildman–Crippen MR) is 131 cm³/mol. The maximum Gasteiger partial charge on any atom is 0.240 e. The van der Waals surface area contributed by atoms with Gasteiger partial charge >= 0.3 is 0 Å². The number of methoxy groups -OCH3 is 1. The Labute approximate surface area is 199 Å². The van der Waals surface area contributed by atoms with Gasteiger partial charge in [0.2, 0.25) is 10.0 Å². The number of nitrogens with one attached hydrogen (secondary N) is 2. The van der Waals surface area contributed by atoms with Crippen molar-refractivity contribution >= 4 is 20.9 Å². The summed E-state index contributed by atoms with van der Waals surface area (Å²) in [6, 6.07) is 21.5. The molecule has 0 amide bonds. The Balaban J connectivity index is 1.74. The van der Waals surface area contributed by atoms with Crippen LogP contribution in [0, 0.1) is 11.3 Å². The second-order valence-electron chi connectivity index (χ2n) is 7.68. The van der Waals surface area contributed by atoms with Crippen molar-refractivity contribution in [1.82, 2.24) is 9.71 Å². The van der Waals surface area contributed by atoms with Gasteiger partial charge in [-0.3, -0.25) is 0 Å². The first-order valence-electron chi connectivity index (χ1n) is 10.8. The molecule has 174 valence electrons. The fraction of sp³-hybridized carbons (Fsp3) is 0.192. The molecule has 0 aliphatic rings. The first-order chi connectivity index (χ1) is 16.5. The molecule has 0 saturated carbocycles. The molecule has 3 aromatic carbocycles. The van der Waals surface area contributed by atoms with Crippen molar-refractivity contribution in [2.45, 2.75) is 17.7 Å². The summed E-state index contributed by atoms with van der Waals surface area (Å²) in [7, 11) is -2.26. The minimum absolute atomic E-state index is 0.0495. The third-order valence-electron chi connectivity index (χ3n) is 5.64. The topological polar surface area (TPSA) is 104 Å². The summed E-state index contributed by atoms with van der Waals surface area (Å²) in [5.41, 5.74) is 3.08. The van der Waals surface area contributed by atoms with E-state index in [-0.39, 0.29) is 22.9 Å². The smallest absolute Gasteiger partial charge is 0.240 e. The van der Waals surface area contributed by atoms with Crippen molar-refractivity contribution in [3.05, 3.63) is 89.6 Å². The number of aromatic amines is 1. The first-order valence-corrected chi connectivity index (χ1v) is 12.3. The van der Waals surface area contributed by atoms with Crippen molar-refractivity contribution < 1.29 is 17.9 Å². The van der Waals surface area contributed by atoms with Gasteiger partial charge in [-0.05, 0) is 54.4 Å². The first kappa shape index (κ1) is 23.4. The Kier molecular flexibility index (Phi) is 6.87. The van der Waals surface area contributed by atoms with Crippen LogP contribution in [0.1, 0.15) is 29.5 Å². The molecule has 8 heteroatoms. The lowest BCUT2D eigenvalue weighted by Gasteiger charge is -2.20. The van der Waals surface area contributed by atoms with Gasteiger partial charge in [-0.25, -0.2) is 13.1 Å². The number of nitriles is 1. The number of benzene rings is 3. The van der Waals surface area contributed by atoms with Gasteiger partial charge in [-0.15, -0.1) is 0 Å². The SMILES string of the molecule is CCOc1ccc(C(CNS(=O)(=O)c2cccc(C#N)c2)c2c[nH]c3ccccc23)cc1OC. The molecule has 1 aromatic heterocycles. The van der Waals surface area contributed by atoms with Gasteiger partial charge in [-0.1, -0.05) is 30.3 Å². The van der Waals surface area contributed by atoms with Gasteiger partial charge in [0.1, 0.15) is 0 Å². The predicted octanol–water partition coefficient (Wildman–Crippen LogP) is 4.56. The molecule has 0 spiro atoms. The largest absolute Gasteiger partial charge is 0.493 e. The second kappa shape index (κ2) is 10.00. The van der Waals surface area contributed by atoms with Crippen LogP contribution in [-0.2, 0) is 10.0 Å². The number of rotatable bonds is 9. The van der Waals surface area contributed by atoms with Gasteiger partial charge in [0, 0.05) is 29.6 Å². The van der Waals surface area contributed by atoms with Crippen molar-refractivity contribution in [3.8, 4) is 17.6 Å². The summed E-state index contributed by atoms with van der Waals surface area (Å²) < 4.78 is 40.0. The molecule has 34 heavy (non-hydrogen) atoms. The number of hydrogen-bond donors (Lipinski definition) is 2. The maximum absolute atomic E-state index is 13.1. The summed E-state index contributed by atoms with van der Waals surface area (Å²) >= 11 is 0. The highest BCUT2D eigenvalue weighted by Gasteiger charge is 2.23. The molecular formula is C26H25N3O4S. The van der Waals surface area contributed by atoms with Crippen molar-refractivity contribution in [2.75, 3.05) is 20.3 Å². The second-order valence-corrected chi connectivity index (χ2v) is 9.44. The molecule has 2 N–H and O–H groups in total. The molecule has 0 radical (unpaired) electrons. The van der Waals surface area contributed by atoms with Crippen LogP contribution in [0.15, 0.2) is 77.8 Å². The Morgan fingerprint density at radius 3 is 2.65 bits per heavy atom. The van der Waals surface area contributed by atoms with Crippen LogP contribution in [0.4, 0.5) is 0 Å². The lowest BCUT2D eigenvalue weighted by atomic mass is 9.91. The number of H-pyrrole nitrogens is 1. The summed E-state index contributed by atoms with van der Waals surface area (Å²) in [4.78, 5) is 3.32. The monoisotopic (exact) mass is 475 g/mol. The van der Waals surface area contributed by atoms with E-state index in [4.69, 9.17) is 14.7 Å². The van der Waals surface area contributed by atoms with Crippen molar-refractivity contribution in [2.24, 2.45) is 0 Å². The fourth-order valence-electron chi connectivity index (χ4n) is 3.97. The van der Waals surface area contributed by atoms with Crippen molar-refractivity contribution in [3.63, 3.8) is 0 Å². The minimum Gasteiger partial charge on any atom is -0.493 e. The molecule has 0 aliphatic carbocycles. The van der Waals surface area contributed by atoms with Gasteiger partial charge in [0.15, 0.2) is 11.5 Å². The highest BCUT2D eigenvalue weighted by molar-refractivity contribution is 7.89. The minimum atomic E-state index is -3.84. The summed E-state index contributed by atoms with van der Waals surface area (Å²) in [6.07, 6.45) is 1.91. The van der Waals surface area contributed by atoms with E-state index < -0.39 is 10.0 Å². The van der Waals surface area contributed by atoms with E-state index in [0.29, 0.717) is 18.1 Å². The Bertz CT molecular complexity index is 1450. The number of hydrogen-bond acceptors (Lipinski definition) is 5. The molecule has 1 heterocycles. The summed E-state index contributed by atoms with van der Waals surface area (Å²) in [5, 5.41) is 10.1. The molecule has 7 nitrogen and oxygen atoms in total. The molecular weight excluding hydrogens is 450 g/mol. The van der Waals surface area contributed by atoms with Crippen LogP contribution in [0.2, 0.25) is 0 Å². The number of fused-ring (bicyclic) bond motifs is 1. The molecule has 0 aliphatic heterocycles. The highest BCUT2D eigenvalue weighted by atomic mass is 32.2. The lowest BCUT2D eigenvalue weighted by molar-refractivity contribution is 0.310. The van der Waals surface area contributed by atoms with E-state index in [2.05, 4.69) is 9.71 Å². The fourth-order valence-corrected chi connectivity index (χ4v) is 5.07. The number of sulfonamides is 1. The van der Waals surface area contributed by atoms with E-state index in [0.717, 1.165) is 22.0 Å². The van der Waals surface area contributed by atoms with Crippen LogP contribution in [0.5, 0.6) is 11.5 Å². The van der Waals surface area contributed by atoms with Gasteiger partial charge < -0.3 is 14.5 Å². The number of nitrogens with zero attached hydrogens (tertiary/aromatic N) is 1. The van der Waals surface area contributed by atoms with Crippen LogP contribution in [0.3, 0.4) is 0 Å². The van der Waals surface area contributed by atoms with E-state index in [1.54, 1.807) is 19.2 Å². The van der Waals surface area contributed by atoms with E-state index in [9.17, 15) is 8.42 Å². The van der Waals surface area contributed by atoms with Crippen LogP contribution < -0.4 is 14.2 Å². The van der Waals surface area contributed by atoms with Gasteiger partial charge in [0.25, 0.3) is 0 Å². The van der Waals surface area contributed by atoms with E-state index >= 15 is 0 Å². The summed E-state index contributed by atoms with van der Waals surface area (Å²) in [6.45, 7) is 2.51. The Hall–Kier alpha value is -3.80. The quantitative estimate of drug-likeness (QED) is 0.369. The highest BCUT2D eigenvalue weighted by Crippen LogP contribution is 2.36. The standard InChI is InChI=1S/C26H25N3O4S/c1-3-33-25-12-11-19(14-26(25)32-2)22(23-16-28-24-10-5-4-9-21(23)24)17-29-34(30,31)20-8-6-7-18(13-20)15-27/h4-14,16,22,28-29H,3,17H2,1-2H3. The summed E-state index contributed by atoms with van der Waals surface area (Å²) in [5.74, 6) is 0.892. The number of para-hydroxylation sites is 1. The molecule has 1 atom stereocenters. The van der Waals surface area contributed by atoms with Crippen LogP contribution in [0.25, 0.3) is 10.9 Å². The van der Waals surface area contributed by atoms with E-state index in [1.807, 2.05) is 61.7 Å². The zero-order valence-corrected chi connectivity index (χ0v) is 19.7. The number of aromatic nitrogens is 1. The third kappa shape index (κ3) is 4.76. The maximum atomic E-state index is 13.1. The Morgan fingerprint density at radius 2 is 1.88 bits per heavy atom. The number of ether oxygens (including phenoxy) is 2. The third-order valence-corrected chi connectivity index (χ3v) is 7.06. The average molecular weight is 476 g/mol. The molecule has 1 unspecified atom stereocenters. The van der Waals surface area contributed by atoms with Gasteiger partial charge in [0.05, 0.1) is 30.2 Å². The van der Waals surface area contributed by atoms with Crippen molar-refractivity contribution in [1.29, 1.82) is 5.26 Å². The molecule has 4 aromatic rings. The molecule has 0 bridgehead atoms. The zero-order chi connectivity index (χ0) is 24.1. The Morgan fingerprint density at radius 1 is 1.06 bits per heavy atom. The molecule has 0 saturated heterocycles. The van der Waals surface area contributed by atoms with Crippen LogP contribution >= 0.6 is 0 Å². The van der Waals surface area contributed by atoms with E-state index in [1.165, 1.54) is 12.1 Å². The lowest BCUT2D eigenvalue weighted by Crippen LogP contribution is -2.29. The normalized spacial score (nSPS) is 12.3. The average Bonchev–Trinajstić information content (AvgIpc) is 3.29.